The van der Waals surface area contributed by atoms with E-state index in [0.717, 1.165) is 18.6 Å². The summed E-state index contributed by atoms with van der Waals surface area (Å²) in [6, 6.07) is -0.858. The van der Waals surface area contributed by atoms with E-state index in [-0.39, 0.29) is 12.3 Å². The first kappa shape index (κ1) is 13.1. The van der Waals surface area contributed by atoms with Gasteiger partial charge >= 0.3 is 5.97 Å². The summed E-state index contributed by atoms with van der Waals surface area (Å²) in [5.41, 5.74) is 0. The zero-order valence-corrected chi connectivity index (χ0v) is 10.2. The predicted molar refractivity (Wildman–Crippen MR) is 64.5 cm³/mol. The number of hydrogen-bond donors (Lipinski definition) is 2. The van der Waals surface area contributed by atoms with E-state index in [1.165, 1.54) is 6.08 Å². The second-order valence-electron chi connectivity index (χ2n) is 4.07. The van der Waals surface area contributed by atoms with E-state index in [1.807, 2.05) is 6.92 Å². The van der Waals surface area contributed by atoms with Gasteiger partial charge in [-0.3, -0.25) is 4.79 Å². The van der Waals surface area contributed by atoms with E-state index >= 15 is 0 Å². The molecule has 5 heteroatoms. The molecule has 1 heterocycles. The van der Waals surface area contributed by atoms with Gasteiger partial charge in [0.15, 0.2) is 0 Å². The molecule has 0 aromatic heterocycles. The van der Waals surface area contributed by atoms with Gasteiger partial charge in [0.2, 0.25) is 5.91 Å². The van der Waals surface area contributed by atoms with Gasteiger partial charge in [-0.15, -0.1) is 18.3 Å². The number of thioether (sulfide) groups is 1. The van der Waals surface area contributed by atoms with Crippen LogP contribution in [0.2, 0.25) is 0 Å². The average molecular weight is 243 g/mol. The fourth-order valence-corrected chi connectivity index (χ4v) is 2.88. The van der Waals surface area contributed by atoms with Crippen molar-refractivity contribution in [2.75, 3.05) is 5.75 Å². The van der Waals surface area contributed by atoms with E-state index < -0.39 is 16.8 Å². The maximum Gasteiger partial charge on any atom is 0.326 e. The fraction of sp³-hybridized carbons (Fsp3) is 0.636. The molecule has 90 valence electrons. The summed E-state index contributed by atoms with van der Waals surface area (Å²) in [5.74, 6) is -0.229. The monoisotopic (exact) mass is 243 g/mol. The molecule has 16 heavy (non-hydrogen) atoms. The third-order valence-corrected chi connectivity index (χ3v) is 4.22. The van der Waals surface area contributed by atoms with Crippen molar-refractivity contribution in [2.24, 2.45) is 0 Å². The summed E-state index contributed by atoms with van der Waals surface area (Å²) in [6.45, 7) is 5.35. The molecule has 4 nitrogen and oxygen atoms in total. The Morgan fingerprint density at radius 3 is 2.81 bits per heavy atom. The van der Waals surface area contributed by atoms with Crippen LogP contribution in [0.4, 0.5) is 0 Å². The summed E-state index contributed by atoms with van der Waals surface area (Å²) < 4.78 is -0.463. The van der Waals surface area contributed by atoms with Crippen LogP contribution in [-0.4, -0.2) is 33.5 Å². The molecule has 1 aliphatic heterocycles. The van der Waals surface area contributed by atoms with Crippen molar-refractivity contribution in [3.05, 3.63) is 12.7 Å². The molecule has 2 N–H and O–H groups in total. The molecular weight excluding hydrogens is 226 g/mol. The molecule has 0 spiro atoms. The standard InChI is InChI=1S/C11H17NO3S/c1-3-5-8(9(13)14)12-10(15)11(2)6-4-7-16-11/h3,8H,1,4-7H2,2H3,(H,12,15)(H,13,14). The number of carboxylic acid groups (broad SMARTS) is 1. The lowest BCUT2D eigenvalue weighted by Gasteiger charge is -2.23. The van der Waals surface area contributed by atoms with Gasteiger partial charge < -0.3 is 10.4 Å². The Kier molecular flexibility index (Phi) is 4.41. The van der Waals surface area contributed by atoms with Gasteiger partial charge in [0.1, 0.15) is 6.04 Å². The van der Waals surface area contributed by atoms with Gasteiger partial charge in [0.05, 0.1) is 4.75 Å². The van der Waals surface area contributed by atoms with E-state index in [4.69, 9.17) is 5.11 Å². The van der Waals surface area contributed by atoms with Crippen LogP contribution in [0.1, 0.15) is 26.2 Å². The van der Waals surface area contributed by atoms with Crippen molar-refractivity contribution >= 4 is 23.6 Å². The van der Waals surface area contributed by atoms with E-state index in [1.54, 1.807) is 11.8 Å². The highest BCUT2D eigenvalue weighted by Crippen LogP contribution is 2.37. The molecule has 0 bridgehead atoms. The van der Waals surface area contributed by atoms with Gasteiger partial charge in [-0.25, -0.2) is 4.79 Å². The Morgan fingerprint density at radius 2 is 2.38 bits per heavy atom. The number of carbonyl (C=O) groups excluding carboxylic acids is 1. The Morgan fingerprint density at radius 1 is 1.69 bits per heavy atom. The lowest BCUT2D eigenvalue weighted by atomic mass is 10.0. The van der Waals surface area contributed by atoms with E-state index in [0.29, 0.717) is 0 Å². The molecule has 0 aromatic rings. The van der Waals surface area contributed by atoms with Crippen molar-refractivity contribution < 1.29 is 14.7 Å². The highest BCUT2D eigenvalue weighted by Gasteiger charge is 2.38. The molecule has 0 aromatic carbocycles. The topological polar surface area (TPSA) is 66.4 Å². The van der Waals surface area contributed by atoms with Gasteiger partial charge in [0, 0.05) is 0 Å². The molecule has 1 fully saturated rings. The second kappa shape index (κ2) is 5.39. The third-order valence-electron chi connectivity index (χ3n) is 2.70. The quantitative estimate of drug-likeness (QED) is 0.717. The Bertz CT molecular complexity index is 298. The molecule has 1 rings (SSSR count). The molecule has 0 radical (unpaired) electrons. The van der Waals surface area contributed by atoms with Crippen LogP contribution in [-0.2, 0) is 9.59 Å². The maximum absolute atomic E-state index is 11.9. The van der Waals surface area contributed by atoms with Crippen LogP contribution >= 0.6 is 11.8 Å². The first-order valence-electron chi connectivity index (χ1n) is 5.28. The minimum Gasteiger partial charge on any atom is -0.480 e. The third kappa shape index (κ3) is 3.01. The van der Waals surface area contributed by atoms with Crippen LogP contribution in [0.15, 0.2) is 12.7 Å². The van der Waals surface area contributed by atoms with Gasteiger partial charge in [-0.05, 0) is 31.9 Å². The number of nitrogens with one attached hydrogen (secondary N) is 1. The SMILES string of the molecule is C=CCC(NC(=O)C1(C)CCCS1)C(=O)O. The molecule has 1 aliphatic rings. The Hall–Kier alpha value is -0.970. The lowest BCUT2D eigenvalue weighted by Crippen LogP contribution is -2.48. The zero-order chi connectivity index (χ0) is 12.2. The molecule has 0 saturated carbocycles. The van der Waals surface area contributed by atoms with Gasteiger partial charge in [-0.1, -0.05) is 6.08 Å². The predicted octanol–water partition coefficient (Wildman–Crippen LogP) is 1.42. The summed E-state index contributed by atoms with van der Waals surface area (Å²) >= 11 is 1.59. The summed E-state index contributed by atoms with van der Waals surface area (Å²) in [4.78, 5) is 22.8. The highest BCUT2D eigenvalue weighted by molar-refractivity contribution is 8.01. The summed E-state index contributed by atoms with van der Waals surface area (Å²) in [5, 5.41) is 11.5. The molecule has 2 atom stereocenters. The number of amides is 1. The van der Waals surface area contributed by atoms with Crippen LogP contribution in [0.25, 0.3) is 0 Å². The Labute approximate surface area is 99.5 Å². The van der Waals surface area contributed by atoms with Crippen molar-refractivity contribution in [1.82, 2.24) is 5.32 Å². The highest BCUT2D eigenvalue weighted by atomic mass is 32.2. The minimum absolute atomic E-state index is 0.177. The number of carboxylic acids is 1. The number of carbonyl (C=O) groups is 2. The lowest BCUT2D eigenvalue weighted by molar-refractivity contribution is -0.142. The number of rotatable bonds is 5. The normalized spacial score (nSPS) is 26.1. The average Bonchev–Trinajstić information content (AvgIpc) is 2.65. The van der Waals surface area contributed by atoms with Crippen LogP contribution < -0.4 is 5.32 Å². The summed E-state index contributed by atoms with van der Waals surface area (Å²) in [6.07, 6.45) is 3.57. The largest absolute Gasteiger partial charge is 0.480 e. The maximum atomic E-state index is 11.9. The number of aliphatic carboxylic acids is 1. The van der Waals surface area contributed by atoms with Crippen LogP contribution in [0, 0.1) is 0 Å². The fourth-order valence-electron chi connectivity index (χ4n) is 1.66. The van der Waals surface area contributed by atoms with Crippen molar-refractivity contribution in [2.45, 2.75) is 37.0 Å². The Balaban J connectivity index is 2.60. The van der Waals surface area contributed by atoms with Crippen molar-refractivity contribution in [3.8, 4) is 0 Å². The number of hydrogen-bond acceptors (Lipinski definition) is 3. The van der Waals surface area contributed by atoms with Crippen molar-refractivity contribution in [3.63, 3.8) is 0 Å². The minimum atomic E-state index is -1.01. The smallest absolute Gasteiger partial charge is 0.326 e. The molecule has 2 unspecified atom stereocenters. The van der Waals surface area contributed by atoms with Gasteiger partial charge in [0.25, 0.3) is 0 Å². The van der Waals surface area contributed by atoms with Crippen LogP contribution in [0.5, 0.6) is 0 Å². The van der Waals surface area contributed by atoms with Crippen LogP contribution in [0.3, 0.4) is 0 Å². The zero-order valence-electron chi connectivity index (χ0n) is 9.36. The molecule has 1 amide bonds. The van der Waals surface area contributed by atoms with E-state index in [9.17, 15) is 9.59 Å². The second-order valence-corrected chi connectivity index (χ2v) is 5.67. The first-order valence-corrected chi connectivity index (χ1v) is 6.27. The van der Waals surface area contributed by atoms with E-state index in [2.05, 4.69) is 11.9 Å². The van der Waals surface area contributed by atoms with Crippen molar-refractivity contribution in [1.29, 1.82) is 0 Å². The molecule has 1 saturated heterocycles. The molecule has 0 aliphatic carbocycles. The van der Waals surface area contributed by atoms with Gasteiger partial charge in [-0.2, -0.15) is 0 Å². The summed E-state index contributed by atoms with van der Waals surface area (Å²) in [7, 11) is 0. The first-order chi connectivity index (χ1) is 7.49. The molecular formula is C11H17NO3S.